The Kier molecular flexibility index (Phi) is 1.57. The maximum Gasteiger partial charge on any atom is 0.310 e. The number of aliphatic hydroxyl groups excluding tert-OH is 1. The van der Waals surface area contributed by atoms with Crippen LogP contribution in [0.4, 0.5) is 0 Å². The highest BCUT2D eigenvalue weighted by Gasteiger charge is 2.65. The quantitative estimate of drug-likeness (QED) is 0.543. The number of halogens is 1. The zero-order valence-corrected chi connectivity index (χ0v) is 8.61. The highest BCUT2D eigenvalue weighted by molar-refractivity contribution is 9.09. The monoisotopic (exact) mass is 246 g/mol. The summed E-state index contributed by atoms with van der Waals surface area (Å²) in [4.78, 5) is 11.7. The molecule has 13 heavy (non-hydrogen) atoms. The molecular formula is C9H11BrO3. The second-order valence-electron chi connectivity index (χ2n) is 4.28. The number of hydrogen-bond donors (Lipinski definition) is 1. The Balaban J connectivity index is 2.01. The van der Waals surface area contributed by atoms with E-state index < -0.39 is 0 Å². The van der Waals surface area contributed by atoms with Gasteiger partial charge in [-0.2, -0.15) is 0 Å². The van der Waals surface area contributed by atoms with Crippen LogP contribution >= 0.6 is 15.9 Å². The number of alkyl halides is 1. The highest BCUT2D eigenvalue weighted by atomic mass is 79.9. The largest absolute Gasteiger partial charge is 0.461 e. The summed E-state index contributed by atoms with van der Waals surface area (Å²) >= 11 is 3.57. The van der Waals surface area contributed by atoms with Crippen molar-refractivity contribution in [3.63, 3.8) is 0 Å². The molecule has 6 atom stereocenters. The zero-order valence-electron chi connectivity index (χ0n) is 7.02. The summed E-state index contributed by atoms with van der Waals surface area (Å²) in [6.45, 7) is 0.121. The van der Waals surface area contributed by atoms with Crippen molar-refractivity contribution in [3.8, 4) is 0 Å². The van der Waals surface area contributed by atoms with E-state index in [4.69, 9.17) is 4.74 Å². The van der Waals surface area contributed by atoms with Crippen LogP contribution in [-0.4, -0.2) is 28.6 Å². The maximum atomic E-state index is 11.5. The van der Waals surface area contributed by atoms with E-state index in [-0.39, 0.29) is 35.3 Å². The molecular weight excluding hydrogens is 236 g/mol. The van der Waals surface area contributed by atoms with Gasteiger partial charge < -0.3 is 9.84 Å². The minimum Gasteiger partial charge on any atom is -0.461 e. The van der Waals surface area contributed by atoms with Crippen LogP contribution < -0.4 is 0 Å². The molecule has 3 rings (SSSR count). The number of ether oxygens (including phenoxy) is 1. The summed E-state index contributed by atoms with van der Waals surface area (Å²) in [5, 5.41) is 9.22. The second kappa shape index (κ2) is 2.48. The van der Waals surface area contributed by atoms with E-state index in [2.05, 4.69) is 15.9 Å². The van der Waals surface area contributed by atoms with Gasteiger partial charge in [0.15, 0.2) is 0 Å². The molecule has 72 valence electrons. The molecule has 2 saturated carbocycles. The van der Waals surface area contributed by atoms with Gasteiger partial charge in [-0.25, -0.2) is 0 Å². The number of fused-ring (bicyclic) bond motifs is 1. The van der Waals surface area contributed by atoms with Gasteiger partial charge >= 0.3 is 5.97 Å². The molecule has 4 heteroatoms. The van der Waals surface area contributed by atoms with Crippen LogP contribution in [0.1, 0.15) is 6.42 Å². The van der Waals surface area contributed by atoms with Gasteiger partial charge in [0.25, 0.3) is 0 Å². The molecule has 3 aliphatic rings. The molecule has 0 aromatic heterocycles. The lowest BCUT2D eigenvalue weighted by Crippen LogP contribution is -2.35. The van der Waals surface area contributed by atoms with Crippen LogP contribution in [0.15, 0.2) is 0 Å². The fourth-order valence-corrected chi connectivity index (χ4v) is 4.48. The lowest BCUT2D eigenvalue weighted by Gasteiger charge is -2.26. The summed E-state index contributed by atoms with van der Waals surface area (Å²) in [5.74, 6) is 0.864. The average Bonchev–Trinajstić information content (AvgIpc) is 2.68. The molecule has 3 nitrogen and oxygen atoms in total. The predicted molar refractivity (Wildman–Crippen MR) is 48.3 cm³/mol. The number of rotatable bonds is 1. The molecule has 2 aliphatic carbocycles. The van der Waals surface area contributed by atoms with E-state index in [0.717, 1.165) is 6.42 Å². The molecule has 2 bridgehead atoms. The molecule has 1 N–H and O–H groups in total. The molecule has 0 aromatic carbocycles. The van der Waals surface area contributed by atoms with E-state index >= 15 is 0 Å². The van der Waals surface area contributed by atoms with Gasteiger partial charge in [-0.05, 0) is 18.3 Å². The molecule has 0 amide bonds. The molecule has 0 unspecified atom stereocenters. The third-order valence-corrected chi connectivity index (χ3v) is 5.10. The number of esters is 1. The topological polar surface area (TPSA) is 46.5 Å². The Morgan fingerprint density at radius 2 is 2.31 bits per heavy atom. The Bertz CT molecular complexity index is 268. The summed E-state index contributed by atoms with van der Waals surface area (Å²) in [5.41, 5.74) is 0. The van der Waals surface area contributed by atoms with Crippen molar-refractivity contribution in [1.82, 2.24) is 0 Å². The Morgan fingerprint density at radius 3 is 3.00 bits per heavy atom. The average molecular weight is 247 g/mol. The smallest absolute Gasteiger partial charge is 0.310 e. The fourth-order valence-electron chi connectivity index (χ4n) is 3.37. The van der Waals surface area contributed by atoms with E-state index in [9.17, 15) is 9.90 Å². The van der Waals surface area contributed by atoms with Crippen molar-refractivity contribution < 1.29 is 14.6 Å². The molecule has 0 spiro atoms. The van der Waals surface area contributed by atoms with Crippen molar-refractivity contribution in [3.05, 3.63) is 0 Å². The first-order chi connectivity index (χ1) is 6.24. The van der Waals surface area contributed by atoms with Gasteiger partial charge in [0.2, 0.25) is 0 Å². The summed E-state index contributed by atoms with van der Waals surface area (Å²) < 4.78 is 5.29. The molecule has 1 heterocycles. The van der Waals surface area contributed by atoms with Crippen molar-refractivity contribution in [2.45, 2.75) is 17.4 Å². The van der Waals surface area contributed by atoms with Gasteiger partial charge in [0.1, 0.15) is 6.10 Å². The summed E-state index contributed by atoms with van der Waals surface area (Å²) in [7, 11) is 0. The lowest BCUT2D eigenvalue weighted by atomic mass is 9.80. The number of carbonyl (C=O) groups excluding carboxylic acids is 1. The van der Waals surface area contributed by atoms with Crippen molar-refractivity contribution in [2.75, 3.05) is 6.61 Å². The first kappa shape index (κ1) is 8.24. The summed E-state index contributed by atoms with van der Waals surface area (Å²) in [6, 6.07) is 0. The maximum absolute atomic E-state index is 11.5. The number of carbonyl (C=O) groups is 1. The Morgan fingerprint density at radius 1 is 1.54 bits per heavy atom. The number of aliphatic hydroxyl groups is 1. The van der Waals surface area contributed by atoms with Crippen molar-refractivity contribution >= 4 is 21.9 Å². The third-order valence-electron chi connectivity index (χ3n) is 3.90. The zero-order chi connectivity index (χ0) is 9.16. The molecule has 1 aliphatic heterocycles. The third kappa shape index (κ3) is 0.814. The van der Waals surface area contributed by atoms with Crippen LogP contribution in [0.2, 0.25) is 0 Å². The summed E-state index contributed by atoms with van der Waals surface area (Å²) in [6.07, 6.45) is 1.13. The molecule has 3 fully saturated rings. The van der Waals surface area contributed by atoms with Gasteiger partial charge in [0.05, 0.1) is 10.7 Å². The van der Waals surface area contributed by atoms with Gasteiger partial charge in [-0.1, -0.05) is 15.9 Å². The first-order valence-electron chi connectivity index (χ1n) is 4.69. The SMILES string of the molecule is O=C1O[C@@H]2[C@H](Br)[C@H]3C[C@@H]2[C@H]1[C@@H]3CO. The van der Waals surface area contributed by atoms with E-state index in [1.807, 2.05) is 0 Å². The van der Waals surface area contributed by atoms with Crippen LogP contribution in [0.3, 0.4) is 0 Å². The van der Waals surface area contributed by atoms with Gasteiger partial charge in [-0.3, -0.25) is 4.79 Å². The minimum atomic E-state index is -0.0847. The highest BCUT2D eigenvalue weighted by Crippen LogP contribution is 2.59. The van der Waals surface area contributed by atoms with E-state index in [1.165, 1.54) is 0 Å². The minimum absolute atomic E-state index is 0.00574. The normalized spacial score (nSPS) is 57.2. The van der Waals surface area contributed by atoms with Crippen molar-refractivity contribution in [2.24, 2.45) is 23.7 Å². The van der Waals surface area contributed by atoms with Crippen LogP contribution in [0.25, 0.3) is 0 Å². The predicted octanol–water partition coefficient (Wildman–Crippen LogP) is 0.550. The molecule has 0 aromatic rings. The first-order valence-corrected chi connectivity index (χ1v) is 5.61. The van der Waals surface area contributed by atoms with Crippen molar-refractivity contribution in [1.29, 1.82) is 0 Å². The van der Waals surface area contributed by atoms with Gasteiger partial charge in [0, 0.05) is 12.5 Å². The lowest BCUT2D eigenvalue weighted by molar-refractivity contribution is -0.144. The second-order valence-corrected chi connectivity index (χ2v) is 5.34. The van der Waals surface area contributed by atoms with Crippen LogP contribution in [0, 0.1) is 23.7 Å². The van der Waals surface area contributed by atoms with Gasteiger partial charge in [-0.15, -0.1) is 0 Å². The fraction of sp³-hybridized carbons (Fsp3) is 0.889. The number of hydrogen-bond acceptors (Lipinski definition) is 3. The van der Waals surface area contributed by atoms with Crippen LogP contribution in [-0.2, 0) is 9.53 Å². The Hall–Kier alpha value is -0.0900. The van der Waals surface area contributed by atoms with E-state index in [0.29, 0.717) is 11.8 Å². The standard InChI is InChI=1S/C9H11BrO3/c10-7-3-1-4-6(5(3)2-11)9(12)13-8(4)7/h3-8,11H,1-2H2/t3-,4+,5+,6-,7+,8-/m0/s1. The molecule has 0 radical (unpaired) electrons. The van der Waals surface area contributed by atoms with E-state index in [1.54, 1.807) is 0 Å². The Labute approximate surface area is 84.6 Å². The molecule has 1 saturated heterocycles. The van der Waals surface area contributed by atoms with Crippen LogP contribution in [0.5, 0.6) is 0 Å².